The molecule has 0 atom stereocenters. The lowest BCUT2D eigenvalue weighted by atomic mass is 10.1. The first kappa shape index (κ1) is 22.2. The van der Waals surface area contributed by atoms with Gasteiger partial charge in [0.1, 0.15) is 5.75 Å². The highest BCUT2D eigenvalue weighted by atomic mass is 79.9. The van der Waals surface area contributed by atoms with E-state index in [-0.39, 0.29) is 11.7 Å². The van der Waals surface area contributed by atoms with Crippen LogP contribution in [0.2, 0.25) is 0 Å². The summed E-state index contributed by atoms with van der Waals surface area (Å²) >= 11 is 11.9. The summed E-state index contributed by atoms with van der Waals surface area (Å²) in [7, 11) is 0. The second kappa shape index (κ2) is 10.0. The highest BCUT2D eigenvalue weighted by Gasteiger charge is 2.11. The fourth-order valence-corrected chi connectivity index (χ4v) is 3.70. The molecule has 0 heterocycles. The van der Waals surface area contributed by atoms with Crippen molar-refractivity contribution < 1.29 is 14.3 Å². The lowest BCUT2D eigenvalue weighted by molar-refractivity contribution is -0.123. The molecule has 3 aromatic carbocycles. The van der Waals surface area contributed by atoms with E-state index in [0.29, 0.717) is 11.3 Å². The quantitative estimate of drug-likeness (QED) is 0.332. The summed E-state index contributed by atoms with van der Waals surface area (Å²) < 4.78 is 7.17. The van der Waals surface area contributed by atoms with E-state index in [2.05, 4.69) is 48.0 Å². The van der Waals surface area contributed by atoms with E-state index in [0.717, 1.165) is 25.3 Å². The second-order valence-electron chi connectivity index (χ2n) is 6.31. The first-order valence-corrected chi connectivity index (χ1v) is 10.8. The summed E-state index contributed by atoms with van der Waals surface area (Å²) in [6, 6.07) is 16.7. The molecule has 0 aromatic heterocycles. The van der Waals surface area contributed by atoms with Gasteiger partial charge in [-0.3, -0.25) is 25.8 Å². The molecule has 0 unspecified atom stereocenters. The average molecular weight is 551 g/mol. The molecule has 0 fully saturated rings. The van der Waals surface area contributed by atoms with Crippen LogP contribution in [0.5, 0.6) is 5.75 Å². The van der Waals surface area contributed by atoms with Crippen LogP contribution in [-0.2, 0) is 4.79 Å². The van der Waals surface area contributed by atoms with Crippen LogP contribution in [0.25, 0.3) is 10.8 Å². The van der Waals surface area contributed by atoms with Gasteiger partial charge in [-0.25, -0.2) is 0 Å². The number of nitrogens with one attached hydrogen (secondary N) is 3. The van der Waals surface area contributed by atoms with Gasteiger partial charge >= 0.3 is 0 Å². The Morgan fingerprint density at radius 2 is 1.80 bits per heavy atom. The third-order valence-electron chi connectivity index (χ3n) is 4.16. The van der Waals surface area contributed by atoms with Gasteiger partial charge in [0.15, 0.2) is 11.7 Å². The number of aryl methyl sites for hydroxylation is 1. The topological polar surface area (TPSA) is 79.5 Å². The Morgan fingerprint density at radius 1 is 1.03 bits per heavy atom. The normalized spacial score (nSPS) is 10.4. The van der Waals surface area contributed by atoms with Crippen LogP contribution >= 0.6 is 44.1 Å². The van der Waals surface area contributed by atoms with Crippen molar-refractivity contribution in [2.45, 2.75) is 6.92 Å². The maximum Gasteiger partial charge on any atom is 0.276 e. The SMILES string of the molecule is Cc1ccc(C(=O)NC(=S)NNC(=O)COc2ccc3ccccc3c2Br)cc1Br. The van der Waals surface area contributed by atoms with Gasteiger partial charge in [0.05, 0.1) is 4.47 Å². The minimum absolute atomic E-state index is 0.0306. The van der Waals surface area contributed by atoms with Gasteiger partial charge in [-0.05, 0) is 69.6 Å². The zero-order valence-electron chi connectivity index (χ0n) is 15.8. The number of halogens is 2. The number of amides is 2. The molecule has 0 aliphatic rings. The highest BCUT2D eigenvalue weighted by Crippen LogP contribution is 2.32. The monoisotopic (exact) mass is 549 g/mol. The van der Waals surface area contributed by atoms with Gasteiger partial charge < -0.3 is 4.74 Å². The number of carbonyl (C=O) groups is 2. The van der Waals surface area contributed by atoms with Crippen molar-refractivity contribution >= 4 is 71.8 Å². The molecule has 2 amide bonds. The van der Waals surface area contributed by atoms with Crippen molar-refractivity contribution in [2.75, 3.05) is 6.61 Å². The Balaban J connectivity index is 1.48. The summed E-state index contributed by atoms with van der Waals surface area (Å²) in [5.41, 5.74) is 6.33. The van der Waals surface area contributed by atoms with Crippen molar-refractivity contribution in [3.63, 3.8) is 0 Å². The molecule has 154 valence electrons. The molecule has 0 aliphatic carbocycles. The molecule has 0 aliphatic heterocycles. The third kappa shape index (κ3) is 5.56. The van der Waals surface area contributed by atoms with Gasteiger partial charge in [0.25, 0.3) is 11.8 Å². The molecule has 6 nitrogen and oxygen atoms in total. The average Bonchev–Trinajstić information content (AvgIpc) is 2.74. The smallest absolute Gasteiger partial charge is 0.276 e. The zero-order valence-corrected chi connectivity index (χ0v) is 19.8. The van der Waals surface area contributed by atoms with E-state index in [9.17, 15) is 9.59 Å². The minimum Gasteiger partial charge on any atom is -0.483 e. The molecular weight excluding hydrogens is 534 g/mol. The van der Waals surface area contributed by atoms with Crippen LogP contribution in [0.3, 0.4) is 0 Å². The first-order chi connectivity index (χ1) is 14.3. The van der Waals surface area contributed by atoms with Gasteiger partial charge in [-0.2, -0.15) is 0 Å². The number of rotatable bonds is 4. The molecule has 0 bridgehead atoms. The lowest BCUT2D eigenvalue weighted by Crippen LogP contribution is -2.49. The number of carbonyl (C=O) groups excluding carboxylic acids is 2. The molecule has 3 rings (SSSR count). The molecule has 3 aromatic rings. The van der Waals surface area contributed by atoms with Crippen molar-refractivity contribution in [3.05, 3.63) is 74.7 Å². The highest BCUT2D eigenvalue weighted by molar-refractivity contribution is 9.11. The third-order valence-corrected chi connectivity index (χ3v) is 6.04. The Hall–Kier alpha value is -2.49. The number of benzene rings is 3. The number of thiocarbonyl (C=S) groups is 1. The van der Waals surface area contributed by atoms with E-state index in [1.54, 1.807) is 18.2 Å². The lowest BCUT2D eigenvalue weighted by Gasteiger charge is -2.13. The van der Waals surface area contributed by atoms with Crippen molar-refractivity contribution in [1.29, 1.82) is 0 Å². The zero-order chi connectivity index (χ0) is 21.7. The fourth-order valence-electron chi connectivity index (χ4n) is 2.57. The van der Waals surface area contributed by atoms with E-state index >= 15 is 0 Å². The first-order valence-electron chi connectivity index (χ1n) is 8.81. The van der Waals surface area contributed by atoms with Crippen LogP contribution in [0.4, 0.5) is 0 Å². The van der Waals surface area contributed by atoms with Gasteiger partial charge in [-0.1, -0.05) is 52.3 Å². The molecule has 9 heteroatoms. The summed E-state index contributed by atoms with van der Waals surface area (Å²) in [6.45, 7) is 1.69. The Morgan fingerprint density at radius 3 is 2.57 bits per heavy atom. The Labute approximate surface area is 195 Å². The molecule has 0 saturated heterocycles. The molecule has 0 spiro atoms. The van der Waals surface area contributed by atoms with E-state index < -0.39 is 11.8 Å². The maximum absolute atomic E-state index is 12.2. The number of hydrogen-bond acceptors (Lipinski definition) is 4. The van der Waals surface area contributed by atoms with Crippen LogP contribution in [0.15, 0.2) is 63.5 Å². The van der Waals surface area contributed by atoms with Crippen LogP contribution in [0, 0.1) is 6.92 Å². The van der Waals surface area contributed by atoms with Crippen LogP contribution in [0.1, 0.15) is 15.9 Å². The maximum atomic E-state index is 12.2. The minimum atomic E-state index is -0.454. The summed E-state index contributed by atoms with van der Waals surface area (Å²) in [6.07, 6.45) is 0. The second-order valence-corrected chi connectivity index (χ2v) is 8.36. The van der Waals surface area contributed by atoms with Crippen molar-refractivity contribution in [1.82, 2.24) is 16.2 Å². The number of ether oxygens (including phenoxy) is 1. The van der Waals surface area contributed by atoms with Crippen molar-refractivity contribution in [2.24, 2.45) is 0 Å². The van der Waals surface area contributed by atoms with E-state index in [4.69, 9.17) is 17.0 Å². The molecule has 3 N–H and O–H groups in total. The van der Waals surface area contributed by atoms with Gasteiger partial charge in [0, 0.05) is 10.0 Å². The Kier molecular flexibility index (Phi) is 7.41. The predicted molar refractivity (Wildman–Crippen MR) is 127 cm³/mol. The standard InChI is InChI=1S/C21H17Br2N3O3S/c1-12-6-7-14(10-16(12)22)20(28)24-21(30)26-25-18(27)11-29-17-9-8-13-4-2-3-5-15(13)19(17)23/h2-10H,11H2,1H3,(H,25,27)(H2,24,26,28,30). The largest absolute Gasteiger partial charge is 0.483 e. The van der Waals surface area contributed by atoms with Crippen LogP contribution < -0.4 is 20.9 Å². The molecule has 0 radical (unpaired) electrons. The molecule has 0 saturated carbocycles. The predicted octanol–water partition coefficient (Wildman–Crippen LogP) is 4.39. The van der Waals surface area contributed by atoms with Gasteiger partial charge in [-0.15, -0.1) is 0 Å². The number of fused-ring (bicyclic) bond motifs is 1. The summed E-state index contributed by atoms with van der Waals surface area (Å²) in [5.74, 6) is -0.298. The summed E-state index contributed by atoms with van der Waals surface area (Å²) in [5, 5.41) is 4.51. The number of hydrazine groups is 1. The van der Waals surface area contributed by atoms with E-state index in [1.807, 2.05) is 43.3 Å². The number of hydrogen-bond donors (Lipinski definition) is 3. The fraction of sp³-hybridized carbons (Fsp3) is 0.0952. The van der Waals surface area contributed by atoms with E-state index in [1.165, 1.54) is 0 Å². The summed E-state index contributed by atoms with van der Waals surface area (Å²) in [4.78, 5) is 24.3. The van der Waals surface area contributed by atoms with Crippen LogP contribution in [-0.4, -0.2) is 23.5 Å². The van der Waals surface area contributed by atoms with Gasteiger partial charge in [0.2, 0.25) is 0 Å². The molecular formula is C21H17Br2N3O3S. The molecule has 30 heavy (non-hydrogen) atoms. The van der Waals surface area contributed by atoms with Crippen molar-refractivity contribution in [3.8, 4) is 5.75 Å². The Bertz CT molecular complexity index is 1140.